The third-order valence-electron chi connectivity index (χ3n) is 4.12. The molecule has 2 rings (SSSR count). The molecule has 25 heavy (non-hydrogen) atoms. The molecule has 134 valence electrons. The SMILES string of the molecule is COc1ccc(C(CN=C(N)NCCc2ccccc2)N(C)C)cc1. The van der Waals surface area contributed by atoms with E-state index in [0.717, 1.165) is 18.7 Å². The molecule has 0 heterocycles. The number of likely N-dealkylation sites (N-methyl/N-ethyl adjacent to an activating group) is 1. The van der Waals surface area contributed by atoms with Crippen LogP contribution in [0.3, 0.4) is 0 Å². The molecule has 0 amide bonds. The first-order valence-electron chi connectivity index (χ1n) is 8.48. The fourth-order valence-corrected chi connectivity index (χ4v) is 2.61. The maximum Gasteiger partial charge on any atom is 0.188 e. The van der Waals surface area contributed by atoms with Crippen molar-refractivity contribution in [3.63, 3.8) is 0 Å². The molecule has 0 saturated heterocycles. The van der Waals surface area contributed by atoms with Crippen LogP contribution < -0.4 is 15.8 Å². The van der Waals surface area contributed by atoms with Gasteiger partial charge in [-0.05, 0) is 43.8 Å². The average molecular weight is 340 g/mol. The number of hydrogen-bond acceptors (Lipinski definition) is 3. The van der Waals surface area contributed by atoms with Crippen molar-refractivity contribution in [1.29, 1.82) is 0 Å². The summed E-state index contributed by atoms with van der Waals surface area (Å²) in [7, 11) is 5.76. The lowest BCUT2D eigenvalue weighted by atomic mass is 10.1. The molecule has 0 radical (unpaired) electrons. The molecule has 0 fully saturated rings. The summed E-state index contributed by atoms with van der Waals surface area (Å²) in [6.07, 6.45) is 0.923. The lowest BCUT2D eigenvalue weighted by Crippen LogP contribution is -2.34. The van der Waals surface area contributed by atoms with Gasteiger partial charge >= 0.3 is 0 Å². The Bertz CT molecular complexity index is 653. The van der Waals surface area contributed by atoms with Gasteiger partial charge in [0.25, 0.3) is 0 Å². The number of methoxy groups -OCH3 is 1. The molecule has 5 heteroatoms. The van der Waals surface area contributed by atoms with Gasteiger partial charge in [-0.2, -0.15) is 0 Å². The summed E-state index contributed by atoms with van der Waals surface area (Å²) in [4.78, 5) is 6.65. The van der Waals surface area contributed by atoms with Crippen LogP contribution in [0.25, 0.3) is 0 Å². The number of nitrogens with two attached hydrogens (primary N) is 1. The van der Waals surface area contributed by atoms with E-state index in [0.29, 0.717) is 12.5 Å². The van der Waals surface area contributed by atoms with Gasteiger partial charge in [-0.3, -0.25) is 4.99 Å². The molecule has 0 aliphatic carbocycles. The van der Waals surface area contributed by atoms with Gasteiger partial charge in [0.05, 0.1) is 19.7 Å². The second-order valence-electron chi connectivity index (χ2n) is 6.14. The zero-order valence-corrected chi connectivity index (χ0v) is 15.3. The van der Waals surface area contributed by atoms with Crippen molar-refractivity contribution < 1.29 is 4.74 Å². The highest BCUT2D eigenvalue weighted by atomic mass is 16.5. The van der Waals surface area contributed by atoms with Crippen LogP contribution in [0.5, 0.6) is 5.75 Å². The quantitative estimate of drug-likeness (QED) is 0.572. The topological polar surface area (TPSA) is 62.9 Å². The van der Waals surface area contributed by atoms with Crippen molar-refractivity contribution in [2.24, 2.45) is 10.7 Å². The third-order valence-corrected chi connectivity index (χ3v) is 4.12. The maximum absolute atomic E-state index is 6.01. The van der Waals surface area contributed by atoms with Crippen molar-refractivity contribution in [2.75, 3.05) is 34.3 Å². The van der Waals surface area contributed by atoms with Crippen molar-refractivity contribution in [1.82, 2.24) is 10.2 Å². The Hall–Kier alpha value is -2.53. The molecule has 5 nitrogen and oxygen atoms in total. The van der Waals surface area contributed by atoms with E-state index in [9.17, 15) is 0 Å². The van der Waals surface area contributed by atoms with Crippen molar-refractivity contribution in [2.45, 2.75) is 12.5 Å². The summed E-state index contributed by atoms with van der Waals surface area (Å²) >= 11 is 0. The van der Waals surface area contributed by atoms with Crippen LogP contribution in [0.2, 0.25) is 0 Å². The van der Waals surface area contributed by atoms with E-state index >= 15 is 0 Å². The molecule has 2 aromatic rings. The number of nitrogens with zero attached hydrogens (tertiary/aromatic N) is 2. The molecule has 2 aromatic carbocycles. The van der Waals surface area contributed by atoms with E-state index in [2.05, 4.69) is 39.5 Å². The molecule has 1 atom stereocenters. The molecular formula is C20H28N4O. The lowest BCUT2D eigenvalue weighted by Gasteiger charge is -2.23. The summed E-state index contributed by atoms with van der Waals surface area (Å²) in [5, 5.41) is 3.18. The Balaban J connectivity index is 1.88. The number of aliphatic imine (C=N–C) groups is 1. The van der Waals surface area contributed by atoms with Crippen LogP contribution in [0.15, 0.2) is 59.6 Å². The molecule has 0 saturated carbocycles. The Labute approximate surface area is 150 Å². The number of ether oxygens (including phenoxy) is 1. The maximum atomic E-state index is 6.01. The van der Waals surface area contributed by atoms with Crippen molar-refractivity contribution in [3.8, 4) is 5.75 Å². The fourth-order valence-electron chi connectivity index (χ4n) is 2.61. The number of rotatable bonds is 8. The van der Waals surface area contributed by atoms with E-state index < -0.39 is 0 Å². The summed E-state index contributed by atoms with van der Waals surface area (Å²) in [5.74, 6) is 1.34. The van der Waals surface area contributed by atoms with Crippen LogP contribution in [0.4, 0.5) is 0 Å². The van der Waals surface area contributed by atoms with Crippen LogP contribution in [0.1, 0.15) is 17.2 Å². The smallest absolute Gasteiger partial charge is 0.188 e. The van der Waals surface area contributed by atoms with Gasteiger partial charge in [-0.1, -0.05) is 42.5 Å². The first kappa shape index (κ1) is 18.8. The molecule has 0 spiro atoms. The monoisotopic (exact) mass is 340 g/mol. The normalized spacial score (nSPS) is 12.9. The van der Waals surface area contributed by atoms with Crippen LogP contribution in [-0.4, -0.2) is 45.2 Å². The molecular weight excluding hydrogens is 312 g/mol. The van der Waals surface area contributed by atoms with E-state index in [-0.39, 0.29) is 6.04 Å². The van der Waals surface area contributed by atoms with Gasteiger partial charge in [0.1, 0.15) is 5.75 Å². The Morgan fingerprint density at radius 2 is 1.80 bits per heavy atom. The molecule has 0 aromatic heterocycles. The summed E-state index contributed by atoms with van der Waals surface area (Å²) in [6.45, 7) is 1.37. The third kappa shape index (κ3) is 6.12. The van der Waals surface area contributed by atoms with E-state index in [1.165, 1.54) is 11.1 Å². The van der Waals surface area contributed by atoms with Gasteiger partial charge in [0.15, 0.2) is 5.96 Å². The zero-order chi connectivity index (χ0) is 18.1. The van der Waals surface area contributed by atoms with Crippen LogP contribution >= 0.6 is 0 Å². The molecule has 3 N–H and O–H groups in total. The predicted molar refractivity (Wildman–Crippen MR) is 104 cm³/mol. The highest BCUT2D eigenvalue weighted by Gasteiger charge is 2.13. The predicted octanol–water partition coefficient (Wildman–Crippen LogP) is 2.44. The summed E-state index contributed by atoms with van der Waals surface area (Å²) in [6, 6.07) is 18.6. The van der Waals surface area contributed by atoms with E-state index in [1.54, 1.807) is 7.11 Å². The highest BCUT2D eigenvalue weighted by molar-refractivity contribution is 5.77. The fraction of sp³-hybridized carbons (Fsp3) is 0.350. The summed E-state index contributed by atoms with van der Waals surface area (Å²) < 4.78 is 5.22. The lowest BCUT2D eigenvalue weighted by molar-refractivity contribution is 0.306. The minimum absolute atomic E-state index is 0.167. The minimum Gasteiger partial charge on any atom is -0.497 e. The number of benzene rings is 2. The first-order valence-corrected chi connectivity index (χ1v) is 8.48. The second-order valence-corrected chi connectivity index (χ2v) is 6.14. The van der Waals surface area contributed by atoms with Crippen molar-refractivity contribution >= 4 is 5.96 Å². The molecule has 0 aliphatic rings. The van der Waals surface area contributed by atoms with Gasteiger partial charge < -0.3 is 20.7 Å². The van der Waals surface area contributed by atoms with E-state index in [1.807, 2.05) is 44.4 Å². The standard InChI is InChI=1S/C20H28N4O/c1-24(2)19(17-9-11-18(25-3)12-10-17)15-23-20(21)22-14-13-16-7-5-4-6-8-16/h4-12,19H,13-15H2,1-3H3,(H3,21,22,23). The zero-order valence-electron chi connectivity index (χ0n) is 15.3. The van der Waals surface area contributed by atoms with E-state index in [4.69, 9.17) is 10.5 Å². The number of guanidine groups is 1. The average Bonchev–Trinajstić information content (AvgIpc) is 2.63. The number of hydrogen-bond donors (Lipinski definition) is 2. The molecule has 1 unspecified atom stereocenters. The Morgan fingerprint density at radius 3 is 2.40 bits per heavy atom. The van der Waals surface area contributed by atoms with Gasteiger partial charge in [0, 0.05) is 6.54 Å². The number of nitrogens with one attached hydrogen (secondary N) is 1. The largest absolute Gasteiger partial charge is 0.497 e. The Morgan fingerprint density at radius 1 is 1.12 bits per heavy atom. The van der Waals surface area contributed by atoms with Gasteiger partial charge in [0.2, 0.25) is 0 Å². The first-order chi connectivity index (χ1) is 12.1. The summed E-state index contributed by atoms with van der Waals surface area (Å²) in [5.41, 5.74) is 8.48. The van der Waals surface area contributed by atoms with Gasteiger partial charge in [-0.25, -0.2) is 0 Å². The minimum atomic E-state index is 0.167. The van der Waals surface area contributed by atoms with Crippen LogP contribution in [0, 0.1) is 0 Å². The van der Waals surface area contributed by atoms with Crippen LogP contribution in [-0.2, 0) is 6.42 Å². The van der Waals surface area contributed by atoms with Crippen molar-refractivity contribution in [3.05, 3.63) is 65.7 Å². The highest BCUT2D eigenvalue weighted by Crippen LogP contribution is 2.21. The van der Waals surface area contributed by atoms with Gasteiger partial charge in [-0.15, -0.1) is 0 Å². The molecule has 0 aliphatic heterocycles. The Kier molecular flexibility index (Phi) is 7.29. The molecule has 0 bridgehead atoms. The second kappa shape index (κ2) is 9.69.